The van der Waals surface area contributed by atoms with E-state index in [9.17, 15) is 8.42 Å². The van der Waals surface area contributed by atoms with Crippen LogP contribution in [-0.2, 0) is 27.8 Å². The van der Waals surface area contributed by atoms with E-state index in [0.717, 1.165) is 22.6 Å². The first-order valence-corrected chi connectivity index (χ1v) is 11.9. The Morgan fingerprint density at radius 3 is 1.81 bits per heavy atom. The van der Waals surface area contributed by atoms with E-state index in [1.807, 2.05) is 55.5 Å². The third-order valence-electron chi connectivity index (χ3n) is 5.02. The van der Waals surface area contributed by atoms with Gasteiger partial charge in [-0.3, -0.25) is 0 Å². The molecule has 0 aliphatic carbocycles. The van der Waals surface area contributed by atoms with Gasteiger partial charge in [-0.1, -0.05) is 30.3 Å². The Bertz CT molecular complexity index is 845. The molecule has 170 valence electrons. The highest BCUT2D eigenvalue weighted by atomic mass is 32.2. The summed E-state index contributed by atoms with van der Waals surface area (Å²) in [5.41, 5.74) is 1.77. The normalized spacial score (nSPS) is 12.5. The fourth-order valence-corrected chi connectivity index (χ4v) is 4.97. The molecule has 2 aromatic rings. The van der Waals surface area contributed by atoms with Crippen LogP contribution in [0.3, 0.4) is 0 Å². The number of methoxy groups -OCH3 is 2. The summed E-state index contributed by atoms with van der Waals surface area (Å²) in [6, 6.07) is 14.9. The summed E-state index contributed by atoms with van der Waals surface area (Å²) in [7, 11) is -0.428. The molecule has 0 saturated heterocycles. The van der Waals surface area contributed by atoms with Crippen molar-refractivity contribution in [1.82, 2.24) is 4.31 Å². The first-order valence-electron chi connectivity index (χ1n) is 10.4. The van der Waals surface area contributed by atoms with Gasteiger partial charge in [-0.15, -0.1) is 6.58 Å². The Balaban J connectivity index is 2.34. The van der Waals surface area contributed by atoms with Crippen LogP contribution < -0.4 is 9.47 Å². The minimum atomic E-state index is -3.64. The molecular formula is C24H33NO5S. The van der Waals surface area contributed by atoms with Gasteiger partial charge in [0.1, 0.15) is 11.5 Å². The van der Waals surface area contributed by atoms with E-state index >= 15 is 0 Å². The maximum absolute atomic E-state index is 13.7. The molecule has 6 nitrogen and oxygen atoms in total. The predicted molar refractivity (Wildman–Crippen MR) is 124 cm³/mol. The summed E-state index contributed by atoms with van der Waals surface area (Å²) in [5, 5.41) is -0.637. The van der Waals surface area contributed by atoms with Gasteiger partial charge >= 0.3 is 0 Å². The molecule has 2 aromatic carbocycles. The van der Waals surface area contributed by atoms with E-state index in [1.165, 1.54) is 4.31 Å². The number of benzene rings is 2. The second-order valence-corrected chi connectivity index (χ2v) is 9.37. The fraction of sp³-hybridized carbons (Fsp3) is 0.417. The van der Waals surface area contributed by atoms with Crippen molar-refractivity contribution in [1.29, 1.82) is 0 Å². The van der Waals surface area contributed by atoms with Crippen molar-refractivity contribution in [3.8, 4) is 11.5 Å². The van der Waals surface area contributed by atoms with Crippen LogP contribution in [0, 0.1) is 0 Å². The van der Waals surface area contributed by atoms with Crippen molar-refractivity contribution < 1.29 is 22.6 Å². The summed E-state index contributed by atoms with van der Waals surface area (Å²) in [5.74, 6) is 1.46. The van der Waals surface area contributed by atoms with Crippen LogP contribution in [0.15, 0.2) is 61.2 Å². The Kier molecular flexibility index (Phi) is 10.0. The predicted octanol–water partition coefficient (Wildman–Crippen LogP) is 4.41. The molecule has 0 bridgehead atoms. The molecule has 0 unspecified atom stereocenters. The molecule has 0 fully saturated rings. The maximum atomic E-state index is 13.7. The summed E-state index contributed by atoms with van der Waals surface area (Å²) in [4.78, 5) is 0. The molecule has 7 heteroatoms. The van der Waals surface area contributed by atoms with Crippen LogP contribution >= 0.6 is 0 Å². The van der Waals surface area contributed by atoms with Crippen molar-refractivity contribution in [2.75, 3.05) is 27.4 Å². The van der Waals surface area contributed by atoms with E-state index in [0.29, 0.717) is 19.4 Å². The van der Waals surface area contributed by atoms with Gasteiger partial charge in [0, 0.05) is 19.7 Å². The summed E-state index contributed by atoms with van der Waals surface area (Å²) >= 11 is 0. The van der Waals surface area contributed by atoms with Gasteiger partial charge in [0.25, 0.3) is 0 Å². The average molecular weight is 448 g/mol. The zero-order valence-electron chi connectivity index (χ0n) is 18.6. The van der Waals surface area contributed by atoms with Crippen molar-refractivity contribution in [2.24, 2.45) is 0 Å². The topological polar surface area (TPSA) is 65.1 Å². The Labute approximate surface area is 186 Å². The van der Waals surface area contributed by atoms with Crippen LogP contribution in [0.5, 0.6) is 11.5 Å². The molecule has 0 radical (unpaired) electrons. The molecule has 2 rings (SSSR count). The van der Waals surface area contributed by atoms with Crippen molar-refractivity contribution >= 4 is 10.0 Å². The van der Waals surface area contributed by atoms with Gasteiger partial charge in [0.15, 0.2) is 0 Å². The van der Waals surface area contributed by atoms with Gasteiger partial charge in [-0.25, -0.2) is 8.42 Å². The van der Waals surface area contributed by atoms with E-state index in [-0.39, 0.29) is 19.7 Å². The van der Waals surface area contributed by atoms with Gasteiger partial charge in [0.05, 0.1) is 26.1 Å². The largest absolute Gasteiger partial charge is 0.497 e. The minimum Gasteiger partial charge on any atom is -0.497 e. The molecule has 1 atom stereocenters. The van der Waals surface area contributed by atoms with Gasteiger partial charge in [-0.05, 0) is 55.2 Å². The lowest BCUT2D eigenvalue weighted by Crippen LogP contribution is -2.40. The molecule has 0 aromatic heterocycles. The van der Waals surface area contributed by atoms with E-state index < -0.39 is 15.3 Å². The summed E-state index contributed by atoms with van der Waals surface area (Å²) < 4.78 is 44.8. The zero-order chi connectivity index (χ0) is 22.7. The number of hydrogen-bond acceptors (Lipinski definition) is 5. The lowest BCUT2D eigenvalue weighted by molar-refractivity contribution is 0.143. The molecule has 31 heavy (non-hydrogen) atoms. The number of rotatable bonds is 14. The number of allylic oxidation sites excluding steroid dienone is 1. The van der Waals surface area contributed by atoms with Crippen LogP contribution in [0.4, 0.5) is 0 Å². The van der Waals surface area contributed by atoms with E-state index in [2.05, 4.69) is 6.58 Å². The highest BCUT2D eigenvalue weighted by Crippen LogP contribution is 2.23. The second kappa shape index (κ2) is 12.5. The molecular weight excluding hydrogens is 414 g/mol. The second-order valence-electron chi connectivity index (χ2n) is 7.16. The van der Waals surface area contributed by atoms with E-state index in [1.54, 1.807) is 20.3 Å². The van der Waals surface area contributed by atoms with Crippen molar-refractivity contribution in [3.05, 3.63) is 72.3 Å². The lowest BCUT2D eigenvalue weighted by atomic mass is 10.2. The average Bonchev–Trinajstić information content (AvgIpc) is 2.79. The molecule has 0 saturated carbocycles. The zero-order valence-corrected chi connectivity index (χ0v) is 19.4. The van der Waals surface area contributed by atoms with Crippen LogP contribution in [-0.4, -0.2) is 45.4 Å². The SMILES string of the molecule is C=CCC[C@@H](COCC)S(=O)(=O)N(Cc1ccc(OC)cc1)Cc1ccc(OC)cc1. The van der Waals surface area contributed by atoms with E-state index in [4.69, 9.17) is 14.2 Å². The third-order valence-corrected chi connectivity index (χ3v) is 7.21. The standard InChI is InChI=1S/C24H33NO5S/c1-5-7-8-24(19-30-6-2)31(26,27)25(17-20-9-13-22(28-3)14-10-20)18-21-11-15-23(29-4)16-12-21/h5,9-16,24H,1,6-8,17-19H2,2-4H3/t24-/m0/s1. The molecule has 0 N–H and O–H groups in total. The lowest BCUT2D eigenvalue weighted by Gasteiger charge is -2.28. The molecule has 0 aliphatic rings. The Morgan fingerprint density at radius 2 is 1.42 bits per heavy atom. The summed E-state index contributed by atoms with van der Waals surface area (Å²) in [6.45, 7) is 6.75. The number of nitrogens with zero attached hydrogens (tertiary/aromatic N) is 1. The Hall–Kier alpha value is -2.35. The first-order chi connectivity index (χ1) is 14.9. The highest BCUT2D eigenvalue weighted by molar-refractivity contribution is 7.89. The number of sulfonamides is 1. The molecule has 0 aliphatic heterocycles. The molecule has 0 amide bonds. The van der Waals surface area contributed by atoms with Crippen LogP contribution in [0.2, 0.25) is 0 Å². The molecule has 0 spiro atoms. The maximum Gasteiger partial charge on any atom is 0.219 e. The first kappa shape index (κ1) is 24.9. The molecule has 0 heterocycles. The van der Waals surface area contributed by atoms with Gasteiger partial charge in [-0.2, -0.15) is 4.31 Å². The quantitative estimate of drug-likeness (QED) is 0.402. The van der Waals surface area contributed by atoms with Crippen molar-refractivity contribution in [3.63, 3.8) is 0 Å². The highest BCUT2D eigenvalue weighted by Gasteiger charge is 2.32. The van der Waals surface area contributed by atoms with Crippen LogP contribution in [0.1, 0.15) is 30.9 Å². The summed E-state index contributed by atoms with van der Waals surface area (Å²) in [6.07, 6.45) is 2.81. The Morgan fingerprint density at radius 1 is 0.935 bits per heavy atom. The fourth-order valence-electron chi connectivity index (χ4n) is 3.19. The minimum absolute atomic E-state index is 0.161. The van der Waals surface area contributed by atoms with Gasteiger partial charge in [0.2, 0.25) is 10.0 Å². The monoisotopic (exact) mass is 447 g/mol. The third kappa shape index (κ3) is 7.38. The van der Waals surface area contributed by atoms with Crippen LogP contribution in [0.25, 0.3) is 0 Å². The number of hydrogen-bond donors (Lipinski definition) is 0. The van der Waals surface area contributed by atoms with Crippen molar-refractivity contribution in [2.45, 2.75) is 38.1 Å². The number of ether oxygens (including phenoxy) is 3. The smallest absolute Gasteiger partial charge is 0.219 e. The van der Waals surface area contributed by atoms with Gasteiger partial charge < -0.3 is 14.2 Å².